The number of anilines is 1. The highest BCUT2D eigenvalue weighted by Gasteiger charge is 2.28. The van der Waals surface area contributed by atoms with Gasteiger partial charge < -0.3 is 14.2 Å². The number of para-hydroxylation sites is 1. The van der Waals surface area contributed by atoms with E-state index in [1.165, 1.54) is 28.1 Å². The maximum Gasteiger partial charge on any atom is 0.158 e. The fourth-order valence-corrected chi connectivity index (χ4v) is 3.50. The van der Waals surface area contributed by atoms with Gasteiger partial charge in [-0.1, -0.05) is 37.3 Å². The molecule has 1 aliphatic heterocycles. The molecule has 0 spiro atoms. The fraction of sp³-hybridized carbons (Fsp3) is 0.273. The smallest absolute Gasteiger partial charge is 0.158 e. The van der Waals surface area contributed by atoms with Crippen molar-refractivity contribution in [1.82, 2.24) is 4.57 Å². The second-order valence-electron chi connectivity index (χ2n) is 6.58. The summed E-state index contributed by atoms with van der Waals surface area (Å²) in [6.45, 7) is 6.01. The monoisotopic (exact) mass is 332 g/mol. The largest absolute Gasteiger partial charge is 0.352 e. The average molecular weight is 332 g/mol. The van der Waals surface area contributed by atoms with Crippen molar-refractivity contribution in [2.24, 2.45) is 0 Å². The second kappa shape index (κ2) is 6.77. The van der Waals surface area contributed by atoms with Gasteiger partial charge in [-0.3, -0.25) is 0 Å². The lowest BCUT2D eigenvalue weighted by atomic mass is 10.1. The van der Waals surface area contributed by atoms with E-state index in [1.807, 2.05) is 0 Å². The van der Waals surface area contributed by atoms with Crippen molar-refractivity contribution in [3.8, 4) is 5.69 Å². The molecule has 25 heavy (non-hydrogen) atoms. The standard InChI is InChI=1S/C22H24N2O/c1-3-18-8-10-20(11-9-18)24-14-15-25-22(24)19-12-13-23(16-19)21-7-5-4-6-17(21)2/h4-13,16,22H,3,14-15H2,1-2H3/t22-/m0/s1. The minimum absolute atomic E-state index is 0.0160. The molecule has 0 saturated carbocycles. The number of benzene rings is 2. The Balaban J connectivity index is 1.61. The van der Waals surface area contributed by atoms with Crippen molar-refractivity contribution in [2.75, 3.05) is 18.1 Å². The number of nitrogens with zero attached hydrogens (tertiary/aromatic N) is 2. The third-order valence-electron chi connectivity index (χ3n) is 4.96. The summed E-state index contributed by atoms with van der Waals surface area (Å²) in [5.74, 6) is 0. The molecule has 0 amide bonds. The summed E-state index contributed by atoms with van der Waals surface area (Å²) in [5, 5.41) is 0. The quantitative estimate of drug-likeness (QED) is 0.677. The molecule has 0 radical (unpaired) electrons. The van der Waals surface area contributed by atoms with Crippen LogP contribution in [0.5, 0.6) is 0 Å². The highest BCUT2D eigenvalue weighted by Crippen LogP contribution is 2.33. The van der Waals surface area contributed by atoms with Crippen LogP contribution in [0.2, 0.25) is 0 Å². The molecular weight excluding hydrogens is 308 g/mol. The molecule has 0 aliphatic carbocycles. The molecule has 1 aliphatic rings. The Morgan fingerprint density at radius 1 is 1.04 bits per heavy atom. The molecule has 3 nitrogen and oxygen atoms in total. The molecule has 0 bridgehead atoms. The Labute approximate surface area is 149 Å². The average Bonchev–Trinajstić information content (AvgIpc) is 3.31. The maximum absolute atomic E-state index is 6.05. The van der Waals surface area contributed by atoms with E-state index in [2.05, 4.69) is 90.3 Å². The molecule has 4 rings (SSSR count). The van der Waals surface area contributed by atoms with Gasteiger partial charge in [0.05, 0.1) is 6.61 Å². The summed E-state index contributed by atoms with van der Waals surface area (Å²) in [5.41, 5.74) is 6.27. The fourth-order valence-electron chi connectivity index (χ4n) is 3.50. The van der Waals surface area contributed by atoms with Gasteiger partial charge in [0.15, 0.2) is 6.23 Å². The van der Waals surface area contributed by atoms with Gasteiger partial charge >= 0.3 is 0 Å². The first-order chi connectivity index (χ1) is 12.3. The van der Waals surface area contributed by atoms with E-state index in [9.17, 15) is 0 Å². The van der Waals surface area contributed by atoms with Gasteiger partial charge in [0, 0.05) is 35.9 Å². The van der Waals surface area contributed by atoms with Crippen LogP contribution in [0.15, 0.2) is 67.0 Å². The maximum atomic E-state index is 6.05. The van der Waals surface area contributed by atoms with Crippen LogP contribution in [-0.4, -0.2) is 17.7 Å². The van der Waals surface area contributed by atoms with Crippen molar-refractivity contribution in [3.63, 3.8) is 0 Å². The van der Waals surface area contributed by atoms with Crippen LogP contribution in [0.25, 0.3) is 5.69 Å². The molecule has 1 atom stereocenters. The van der Waals surface area contributed by atoms with Gasteiger partial charge in [0.1, 0.15) is 0 Å². The lowest BCUT2D eigenvalue weighted by Crippen LogP contribution is -2.22. The van der Waals surface area contributed by atoms with Crippen molar-refractivity contribution in [1.29, 1.82) is 0 Å². The van der Waals surface area contributed by atoms with Crippen LogP contribution >= 0.6 is 0 Å². The summed E-state index contributed by atoms with van der Waals surface area (Å²) in [4.78, 5) is 2.34. The Morgan fingerprint density at radius 3 is 2.60 bits per heavy atom. The lowest BCUT2D eigenvalue weighted by Gasteiger charge is -2.24. The topological polar surface area (TPSA) is 17.4 Å². The number of ether oxygens (including phenoxy) is 1. The first kappa shape index (κ1) is 16.0. The Hall–Kier alpha value is -2.52. The molecule has 1 aromatic heterocycles. The third-order valence-corrected chi connectivity index (χ3v) is 4.96. The second-order valence-corrected chi connectivity index (χ2v) is 6.58. The van der Waals surface area contributed by atoms with E-state index in [0.29, 0.717) is 0 Å². The molecule has 2 aromatic carbocycles. The van der Waals surface area contributed by atoms with E-state index < -0.39 is 0 Å². The predicted molar refractivity (Wildman–Crippen MR) is 102 cm³/mol. The van der Waals surface area contributed by atoms with E-state index in [4.69, 9.17) is 4.74 Å². The van der Waals surface area contributed by atoms with Gasteiger partial charge in [-0.15, -0.1) is 0 Å². The zero-order chi connectivity index (χ0) is 17.2. The first-order valence-electron chi connectivity index (χ1n) is 8.97. The number of aryl methyl sites for hydroxylation is 2. The molecular formula is C22H24N2O. The van der Waals surface area contributed by atoms with Crippen LogP contribution in [0.3, 0.4) is 0 Å². The molecule has 0 N–H and O–H groups in total. The van der Waals surface area contributed by atoms with Crippen molar-refractivity contribution in [2.45, 2.75) is 26.5 Å². The van der Waals surface area contributed by atoms with Crippen molar-refractivity contribution >= 4 is 5.69 Å². The third kappa shape index (κ3) is 3.08. The summed E-state index contributed by atoms with van der Waals surface area (Å²) < 4.78 is 8.24. The van der Waals surface area contributed by atoms with Crippen LogP contribution in [0, 0.1) is 6.92 Å². The van der Waals surface area contributed by atoms with Crippen molar-refractivity contribution in [3.05, 3.63) is 83.7 Å². The van der Waals surface area contributed by atoms with Crippen LogP contribution in [-0.2, 0) is 11.2 Å². The highest BCUT2D eigenvalue weighted by atomic mass is 16.5. The van der Waals surface area contributed by atoms with Crippen molar-refractivity contribution < 1.29 is 4.74 Å². The van der Waals surface area contributed by atoms with Gasteiger partial charge in [0.25, 0.3) is 0 Å². The molecule has 3 aromatic rings. The Kier molecular flexibility index (Phi) is 4.33. The minimum atomic E-state index is -0.0160. The van der Waals surface area contributed by atoms with Gasteiger partial charge in [-0.25, -0.2) is 0 Å². The van der Waals surface area contributed by atoms with E-state index >= 15 is 0 Å². The zero-order valence-corrected chi connectivity index (χ0v) is 14.9. The number of hydrogen-bond acceptors (Lipinski definition) is 2. The Morgan fingerprint density at radius 2 is 1.84 bits per heavy atom. The number of rotatable bonds is 4. The van der Waals surface area contributed by atoms with Crippen LogP contribution in [0.4, 0.5) is 5.69 Å². The van der Waals surface area contributed by atoms with Gasteiger partial charge in [-0.05, 0) is 48.7 Å². The van der Waals surface area contributed by atoms with Gasteiger partial charge in [0.2, 0.25) is 0 Å². The molecule has 1 fully saturated rings. The molecule has 3 heteroatoms. The molecule has 1 saturated heterocycles. The minimum Gasteiger partial charge on any atom is -0.352 e. The normalized spacial score (nSPS) is 17.2. The number of aromatic nitrogens is 1. The number of hydrogen-bond donors (Lipinski definition) is 0. The predicted octanol–water partition coefficient (Wildman–Crippen LogP) is 4.88. The summed E-state index contributed by atoms with van der Waals surface area (Å²) in [6, 6.07) is 19.4. The Bertz CT molecular complexity index is 850. The summed E-state index contributed by atoms with van der Waals surface area (Å²) in [7, 11) is 0. The van der Waals surface area contributed by atoms with Gasteiger partial charge in [-0.2, -0.15) is 0 Å². The summed E-state index contributed by atoms with van der Waals surface area (Å²) >= 11 is 0. The first-order valence-corrected chi connectivity index (χ1v) is 8.97. The van der Waals surface area contributed by atoms with Crippen LogP contribution in [0.1, 0.15) is 29.8 Å². The zero-order valence-electron chi connectivity index (χ0n) is 14.9. The SMILES string of the molecule is CCc1ccc(N2CCO[C@H]2c2ccn(-c3ccccc3C)c2)cc1. The van der Waals surface area contributed by atoms with E-state index in [0.717, 1.165) is 19.6 Å². The van der Waals surface area contributed by atoms with E-state index in [-0.39, 0.29) is 6.23 Å². The van der Waals surface area contributed by atoms with Crippen LogP contribution < -0.4 is 4.90 Å². The summed E-state index contributed by atoms with van der Waals surface area (Å²) in [6.07, 6.45) is 5.36. The molecule has 128 valence electrons. The molecule has 2 heterocycles. The molecule has 0 unspecified atom stereocenters. The van der Waals surface area contributed by atoms with E-state index in [1.54, 1.807) is 0 Å². The lowest BCUT2D eigenvalue weighted by molar-refractivity contribution is 0.114. The highest BCUT2D eigenvalue weighted by molar-refractivity contribution is 5.50.